The fourth-order valence-electron chi connectivity index (χ4n) is 1.99. The van der Waals surface area contributed by atoms with E-state index in [1.54, 1.807) is 0 Å². The Morgan fingerprint density at radius 2 is 1.79 bits per heavy atom. The molecule has 0 aromatic rings. The molecular weight excluding hydrogens is 261 g/mol. The molecule has 1 unspecified atom stereocenters. The highest BCUT2D eigenvalue weighted by atomic mass is 19.4. The van der Waals surface area contributed by atoms with Gasteiger partial charge in [0.2, 0.25) is 0 Å². The van der Waals surface area contributed by atoms with E-state index < -0.39 is 18.9 Å². The first-order valence-electron chi connectivity index (χ1n) is 6.35. The van der Waals surface area contributed by atoms with Crippen LogP contribution in [-0.2, 0) is 4.74 Å². The molecule has 0 radical (unpaired) electrons. The summed E-state index contributed by atoms with van der Waals surface area (Å²) in [6.07, 6.45) is -3.64. The van der Waals surface area contributed by atoms with Crippen LogP contribution in [0.1, 0.15) is 26.7 Å². The third-order valence-electron chi connectivity index (χ3n) is 3.08. The third kappa shape index (κ3) is 7.92. The van der Waals surface area contributed by atoms with E-state index in [0.717, 1.165) is 12.8 Å². The molecular formula is C12H23F3N2O2. The lowest BCUT2D eigenvalue weighted by Crippen LogP contribution is -2.45. The molecule has 0 aromatic carbocycles. The van der Waals surface area contributed by atoms with Crippen molar-refractivity contribution >= 4 is 6.09 Å². The lowest BCUT2D eigenvalue weighted by atomic mass is 9.93. The van der Waals surface area contributed by atoms with Crippen molar-refractivity contribution in [2.45, 2.75) is 38.9 Å². The number of nitrogens with zero attached hydrogens (tertiary/aromatic N) is 1. The molecule has 0 spiro atoms. The molecule has 1 atom stereocenters. The van der Waals surface area contributed by atoms with Crippen LogP contribution in [0.4, 0.5) is 18.0 Å². The molecule has 0 saturated heterocycles. The zero-order chi connectivity index (χ0) is 15.1. The highest BCUT2D eigenvalue weighted by Crippen LogP contribution is 2.17. The second-order valence-electron chi connectivity index (χ2n) is 4.68. The molecule has 0 rings (SSSR count). The smallest absolute Gasteiger partial charge is 0.422 e. The first kappa shape index (κ1) is 18.0. The van der Waals surface area contributed by atoms with E-state index in [2.05, 4.69) is 10.1 Å². The summed E-state index contributed by atoms with van der Waals surface area (Å²) >= 11 is 0. The van der Waals surface area contributed by atoms with Crippen LogP contribution in [0, 0.1) is 5.92 Å². The number of alkyl carbamates (subject to hydrolysis) is 1. The molecule has 0 aromatic heterocycles. The Morgan fingerprint density at radius 1 is 1.26 bits per heavy atom. The molecule has 0 fully saturated rings. The zero-order valence-corrected chi connectivity index (χ0v) is 11.9. The highest BCUT2D eigenvalue weighted by molar-refractivity contribution is 5.67. The van der Waals surface area contributed by atoms with Crippen molar-refractivity contribution in [2.24, 2.45) is 5.92 Å². The van der Waals surface area contributed by atoms with Gasteiger partial charge >= 0.3 is 12.3 Å². The maximum Gasteiger partial charge on any atom is 0.422 e. The average Bonchev–Trinajstić information content (AvgIpc) is 2.30. The SMILES string of the molecule is CCC(CC)C(CNC(=O)OCC(F)(F)F)N(C)C. The van der Waals surface area contributed by atoms with Gasteiger partial charge < -0.3 is 15.0 Å². The number of carbonyl (C=O) groups is 1. The number of ether oxygens (including phenoxy) is 1. The predicted octanol–water partition coefficient (Wildman–Crippen LogP) is 2.64. The Balaban J connectivity index is 4.22. The first-order chi connectivity index (χ1) is 8.71. The van der Waals surface area contributed by atoms with Crippen LogP contribution in [0.2, 0.25) is 0 Å². The summed E-state index contributed by atoms with van der Waals surface area (Å²) in [6, 6.07) is 0.0773. The van der Waals surface area contributed by atoms with Crippen LogP contribution in [0.5, 0.6) is 0 Å². The maximum absolute atomic E-state index is 11.9. The molecule has 1 N–H and O–H groups in total. The van der Waals surface area contributed by atoms with Gasteiger partial charge in [0.05, 0.1) is 0 Å². The largest absolute Gasteiger partial charge is 0.440 e. The molecule has 0 saturated carbocycles. The second kappa shape index (κ2) is 8.24. The summed E-state index contributed by atoms with van der Waals surface area (Å²) in [7, 11) is 3.76. The van der Waals surface area contributed by atoms with Gasteiger partial charge in [-0.05, 0) is 20.0 Å². The number of hydrogen-bond acceptors (Lipinski definition) is 3. The fraction of sp³-hybridized carbons (Fsp3) is 0.917. The standard InChI is InChI=1S/C12H23F3N2O2/c1-5-9(6-2)10(17(3)4)7-16-11(18)19-8-12(13,14)15/h9-10H,5-8H2,1-4H3,(H,16,18). The van der Waals surface area contributed by atoms with Gasteiger partial charge in [-0.15, -0.1) is 0 Å². The van der Waals surface area contributed by atoms with E-state index in [-0.39, 0.29) is 12.6 Å². The average molecular weight is 284 g/mol. The van der Waals surface area contributed by atoms with Crippen LogP contribution in [0.25, 0.3) is 0 Å². The maximum atomic E-state index is 11.9. The minimum Gasteiger partial charge on any atom is -0.440 e. The minimum atomic E-state index is -4.49. The number of amides is 1. The summed E-state index contributed by atoms with van der Waals surface area (Å²) < 4.78 is 39.7. The summed E-state index contributed by atoms with van der Waals surface area (Å²) in [5.74, 6) is 0.373. The number of likely N-dealkylation sites (N-methyl/N-ethyl adjacent to an activating group) is 1. The van der Waals surface area contributed by atoms with Crippen molar-refractivity contribution in [1.82, 2.24) is 10.2 Å². The van der Waals surface area contributed by atoms with E-state index in [4.69, 9.17) is 0 Å². The Kier molecular flexibility index (Phi) is 7.82. The van der Waals surface area contributed by atoms with Gasteiger partial charge in [0.15, 0.2) is 6.61 Å². The summed E-state index contributed by atoms with van der Waals surface area (Å²) in [5.41, 5.74) is 0. The van der Waals surface area contributed by atoms with Crippen LogP contribution in [0.15, 0.2) is 0 Å². The van der Waals surface area contributed by atoms with Crippen molar-refractivity contribution in [1.29, 1.82) is 0 Å². The Labute approximate surface area is 112 Å². The molecule has 0 heterocycles. The van der Waals surface area contributed by atoms with Gasteiger partial charge in [-0.1, -0.05) is 26.7 Å². The van der Waals surface area contributed by atoms with Crippen molar-refractivity contribution in [3.63, 3.8) is 0 Å². The molecule has 1 amide bonds. The Hall–Kier alpha value is -0.980. The van der Waals surface area contributed by atoms with Crippen molar-refractivity contribution in [3.05, 3.63) is 0 Å². The zero-order valence-electron chi connectivity index (χ0n) is 11.9. The molecule has 0 aliphatic rings. The quantitative estimate of drug-likeness (QED) is 0.781. The molecule has 19 heavy (non-hydrogen) atoms. The summed E-state index contributed by atoms with van der Waals surface area (Å²) in [5, 5.41) is 2.38. The number of halogens is 3. The van der Waals surface area contributed by atoms with Gasteiger partial charge in [-0.25, -0.2) is 4.79 Å². The molecule has 4 nitrogen and oxygen atoms in total. The van der Waals surface area contributed by atoms with E-state index in [0.29, 0.717) is 5.92 Å². The lowest BCUT2D eigenvalue weighted by molar-refractivity contribution is -0.160. The summed E-state index contributed by atoms with van der Waals surface area (Å²) in [6.45, 7) is 2.81. The normalized spacial score (nSPS) is 13.7. The van der Waals surface area contributed by atoms with Crippen molar-refractivity contribution in [2.75, 3.05) is 27.2 Å². The summed E-state index contributed by atoms with van der Waals surface area (Å²) in [4.78, 5) is 13.1. The number of alkyl halides is 3. The van der Waals surface area contributed by atoms with E-state index in [9.17, 15) is 18.0 Å². The fourth-order valence-corrected chi connectivity index (χ4v) is 1.99. The predicted molar refractivity (Wildman–Crippen MR) is 67.0 cm³/mol. The Bertz CT molecular complexity index is 266. The van der Waals surface area contributed by atoms with Gasteiger partial charge in [-0.3, -0.25) is 0 Å². The van der Waals surface area contributed by atoms with Crippen LogP contribution in [0.3, 0.4) is 0 Å². The van der Waals surface area contributed by atoms with Crippen LogP contribution < -0.4 is 5.32 Å². The molecule has 0 aliphatic carbocycles. The monoisotopic (exact) mass is 284 g/mol. The number of carbonyl (C=O) groups excluding carboxylic acids is 1. The first-order valence-corrected chi connectivity index (χ1v) is 6.35. The third-order valence-corrected chi connectivity index (χ3v) is 3.08. The number of rotatable bonds is 7. The lowest BCUT2D eigenvalue weighted by Gasteiger charge is -2.31. The highest BCUT2D eigenvalue weighted by Gasteiger charge is 2.30. The van der Waals surface area contributed by atoms with Crippen LogP contribution in [-0.4, -0.2) is 50.5 Å². The topological polar surface area (TPSA) is 41.6 Å². The van der Waals surface area contributed by atoms with Gasteiger partial charge in [0.25, 0.3) is 0 Å². The number of hydrogen-bond donors (Lipinski definition) is 1. The van der Waals surface area contributed by atoms with E-state index >= 15 is 0 Å². The van der Waals surface area contributed by atoms with E-state index in [1.165, 1.54) is 0 Å². The van der Waals surface area contributed by atoms with Gasteiger partial charge in [-0.2, -0.15) is 13.2 Å². The minimum absolute atomic E-state index is 0.0773. The number of nitrogens with one attached hydrogen (secondary N) is 1. The van der Waals surface area contributed by atoms with Gasteiger partial charge in [0, 0.05) is 12.6 Å². The molecule has 7 heteroatoms. The van der Waals surface area contributed by atoms with Crippen molar-refractivity contribution < 1.29 is 22.7 Å². The molecule has 114 valence electrons. The molecule has 0 bridgehead atoms. The van der Waals surface area contributed by atoms with Crippen LogP contribution >= 0.6 is 0 Å². The Morgan fingerprint density at radius 3 is 2.16 bits per heavy atom. The van der Waals surface area contributed by atoms with Gasteiger partial charge in [0.1, 0.15) is 0 Å². The van der Waals surface area contributed by atoms with E-state index in [1.807, 2.05) is 32.8 Å². The van der Waals surface area contributed by atoms with Crippen molar-refractivity contribution in [3.8, 4) is 0 Å². The second-order valence-corrected chi connectivity index (χ2v) is 4.68. The molecule has 0 aliphatic heterocycles.